The molecule has 10 nitrogen and oxygen atoms in total. The molecule has 0 unspecified atom stereocenters. The number of amides is 1. The number of imidazole rings is 1. The van der Waals surface area contributed by atoms with E-state index in [1.165, 1.54) is 0 Å². The van der Waals surface area contributed by atoms with E-state index in [0.29, 0.717) is 51.6 Å². The first-order valence-electron chi connectivity index (χ1n) is 16.7. The van der Waals surface area contributed by atoms with Gasteiger partial charge in [-0.05, 0) is 72.3 Å². The number of benzene rings is 4. The normalized spacial score (nSPS) is 11.2. The molecule has 258 valence electrons. The number of nitrogens with zero attached hydrogens (tertiary/aromatic N) is 3. The lowest BCUT2D eigenvalue weighted by Crippen LogP contribution is -2.27. The fraction of sp³-hybridized carbons (Fsp3) is 0.250. The van der Waals surface area contributed by atoms with E-state index in [1.54, 1.807) is 14.2 Å². The molecule has 6 rings (SSSR count). The monoisotopic (exact) mass is 673 g/mol. The van der Waals surface area contributed by atoms with Crippen molar-refractivity contribution in [3.63, 3.8) is 0 Å². The first kappa shape index (κ1) is 34.4. The molecule has 0 aliphatic rings. The third kappa shape index (κ3) is 7.73. The van der Waals surface area contributed by atoms with Crippen LogP contribution in [0, 0.1) is 0 Å². The SMILES string of the molecule is COc1ccc(-c2nc(-c3cn(C)c4ccccc34)n(Cc3ccc(C(=O)NCCOCCOCCN)cc3)c2-c2ccc(OC)cc2)cc1. The van der Waals surface area contributed by atoms with Crippen LogP contribution >= 0.6 is 0 Å². The molecular formula is C40H43N5O5. The number of carbonyl (C=O) groups is 1. The highest BCUT2D eigenvalue weighted by Crippen LogP contribution is 2.40. The van der Waals surface area contributed by atoms with Gasteiger partial charge in [0.1, 0.15) is 17.3 Å². The minimum Gasteiger partial charge on any atom is -0.497 e. The average molecular weight is 674 g/mol. The molecule has 2 heterocycles. The summed E-state index contributed by atoms with van der Waals surface area (Å²) in [6.07, 6.45) is 2.14. The molecule has 10 heteroatoms. The van der Waals surface area contributed by atoms with E-state index in [9.17, 15) is 4.79 Å². The van der Waals surface area contributed by atoms with Gasteiger partial charge < -0.3 is 39.1 Å². The molecule has 3 N–H and O–H groups in total. The van der Waals surface area contributed by atoms with Crippen LogP contribution in [-0.2, 0) is 23.1 Å². The van der Waals surface area contributed by atoms with Crippen molar-refractivity contribution < 1.29 is 23.7 Å². The number of fused-ring (bicyclic) bond motifs is 1. The quantitative estimate of drug-likeness (QED) is 0.118. The summed E-state index contributed by atoms with van der Waals surface area (Å²) < 4.78 is 26.2. The van der Waals surface area contributed by atoms with Crippen LogP contribution in [0.5, 0.6) is 11.5 Å². The second-order valence-electron chi connectivity index (χ2n) is 11.8. The Bertz CT molecular complexity index is 2020. The van der Waals surface area contributed by atoms with Crippen molar-refractivity contribution in [2.24, 2.45) is 12.8 Å². The van der Waals surface area contributed by atoms with Crippen LogP contribution in [0.1, 0.15) is 15.9 Å². The van der Waals surface area contributed by atoms with E-state index >= 15 is 0 Å². The van der Waals surface area contributed by atoms with Gasteiger partial charge in [0.05, 0.1) is 52.0 Å². The molecule has 0 bridgehead atoms. The third-order valence-electron chi connectivity index (χ3n) is 8.56. The molecule has 0 fully saturated rings. The fourth-order valence-electron chi connectivity index (χ4n) is 6.01. The highest BCUT2D eigenvalue weighted by Gasteiger charge is 2.24. The van der Waals surface area contributed by atoms with Crippen molar-refractivity contribution in [3.05, 3.63) is 114 Å². The molecule has 50 heavy (non-hydrogen) atoms. The summed E-state index contributed by atoms with van der Waals surface area (Å²) in [4.78, 5) is 18.3. The molecule has 0 saturated carbocycles. The zero-order chi connectivity index (χ0) is 34.9. The average Bonchev–Trinajstić information content (AvgIpc) is 3.70. The van der Waals surface area contributed by atoms with Crippen LogP contribution in [0.3, 0.4) is 0 Å². The summed E-state index contributed by atoms with van der Waals surface area (Å²) in [6.45, 7) is 3.25. The number of hydrogen-bond acceptors (Lipinski definition) is 7. The summed E-state index contributed by atoms with van der Waals surface area (Å²) in [5.41, 5.74) is 13.0. The van der Waals surface area contributed by atoms with Crippen molar-refractivity contribution >= 4 is 16.8 Å². The summed E-state index contributed by atoms with van der Waals surface area (Å²) in [6, 6.07) is 32.1. The van der Waals surface area contributed by atoms with Gasteiger partial charge >= 0.3 is 0 Å². The van der Waals surface area contributed by atoms with Crippen LogP contribution in [0.2, 0.25) is 0 Å². The van der Waals surface area contributed by atoms with Crippen molar-refractivity contribution in [2.75, 3.05) is 53.7 Å². The van der Waals surface area contributed by atoms with Gasteiger partial charge in [-0.3, -0.25) is 4.79 Å². The van der Waals surface area contributed by atoms with Crippen LogP contribution in [0.15, 0.2) is 103 Å². The highest BCUT2D eigenvalue weighted by molar-refractivity contribution is 5.96. The minimum absolute atomic E-state index is 0.153. The zero-order valence-electron chi connectivity index (χ0n) is 28.7. The predicted molar refractivity (Wildman–Crippen MR) is 197 cm³/mol. The van der Waals surface area contributed by atoms with Gasteiger partial charge in [0.2, 0.25) is 0 Å². The molecular weight excluding hydrogens is 630 g/mol. The maximum atomic E-state index is 12.9. The standard InChI is InChI=1S/C40H43N5O5/c1-44-27-35(34-6-4-5-7-36(34)44)39-43-37(29-12-16-32(47-2)17-13-29)38(30-14-18-33(48-3)19-15-30)45(39)26-28-8-10-31(11-9-28)40(46)42-21-23-50-25-24-49-22-20-41/h4-19,27H,20-26,41H2,1-3H3,(H,42,46). The van der Waals surface area contributed by atoms with Gasteiger partial charge in [-0.1, -0.05) is 30.3 Å². The Morgan fingerprint density at radius 1 is 0.780 bits per heavy atom. The topological polar surface area (TPSA) is 115 Å². The number of carbonyl (C=O) groups excluding carboxylic acids is 1. The van der Waals surface area contributed by atoms with Crippen LogP contribution in [0.4, 0.5) is 0 Å². The number of ether oxygens (including phenoxy) is 4. The van der Waals surface area contributed by atoms with E-state index in [2.05, 4.69) is 64.1 Å². The number of nitrogens with two attached hydrogens (primary N) is 1. The Kier molecular flexibility index (Phi) is 11.2. The Labute approximate surface area is 292 Å². The Morgan fingerprint density at radius 2 is 1.42 bits per heavy atom. The second kappa shape index (κ2) is 16.3. The highest BCUT2D eigenvalue weighted by atomic mass is 16.5. The minimum atomic E-state index is -0.153. The smallest absolute Gasteiger partial charge is 0.251 e. The maximum absolute atomic E-state index is 12.9. The molecule has 0 aliphatic carbocycles. The first-order valence-corrected chi connectivity index (χ1v) is 16.7. The largest absolute Gasteiger partial charge is 0.497 e. The van der Waals surface area contributed by atoms with Crippen molar-refractivity contribution in [1.82, 2.24) is 19.4 Å². The van der Waals surface area contributed by atoms with Gasteiger partial charge in [0.25, 0.3) is 5.91 Å². The number of methoxy groups -OCH3 is 2. The first-order chi connectivity index (χ1) is 24.5. The van der Waals surface area contributed by atoms with Crippen molar-refractivity contribution in [1.29, 1.82) is 0 Å². The summed E-state index contributed by atoms with van der Waals surface area (Å²) in [5, 5.41) is 4.04. The van der Waals surface area contributed by atoms with E-state index in [0.717, 1.165) is 61.9 Å². The molecule has 1 amide bonds. The zero-order valence-corrected chi connectivity index (χ0v) is 28.7. The van der Waals surface area contributed by atoms with E-state index in [-0.39, 0.29) is 5.91 Å². The van der Waals surface area contributed by atoms with Crippen LogP contribution in [0.25, 0.3) is 44.8 Å². The predicted octanol–water partition coefficient (Wildman–Crippen LogP) is 6.16. The second-order valence-corrected chi connectivity index (χ2v) is 11.8. The van der Waals surface area contributed by atoms with Crippen LogP contribution < -0.4 is 20.5 Å². The van der Waals surface area contributed by atoms with Gasteiger partial charge in [-0.15, -0.1) is 0 Å². The Hall–Kier alpha value is -5.42. The lowest BCUT2D eigenvalue weighted by molar-refractivity contribution is 0.0511. The number of nitrogens with one attached hydrogen (secondary N) is 1. The number of hydrogen-bond donors (Lipinski definition) is 2. The van der Waals surface area contributed by atoms with E-state index < -0.39 is 0 Å². The maximum Gasteiger partial charge on any atom is 0.251 e. The molecule has 0 saturated heterocycles. The molecule has 6 aromatic rings. The van der Waals surface area contributed by atoms with E-state index in [4.69, 9.17) is 29.7 Å². The number of rotatable bonds is 16. The third-order valence-corrected chi connectivity index (χ3v) is 8.56. The molecule has 0 spiro atoms. The van der Waals surface area contributed by atoms with Gasteiger partial charge in [-0.25, -0.2) is 4.98 Å². The molecule has 2 aromatic heterocycles. The summed E-state index contributed by atoms with van der Waals surface area (Å²) >= 11 is 0. The van der Waals surface area contributed by atoms with Crippen molar-refractivity contribution in [2.45, 2.75) is 6.54 Å². The number of para-hydroxylation sites is 1. The summed E-state index contributed by atoms with van der Waals surface area (Å²) in [5.74, 6) is 2.24. The lowest BCUT2D eigenvalue weighted by atomic mass is 10.0. The van der Waals surface area contributed by atoms with Gasteiger partial charge in [-0.2, -0.15) is 0 Å². The summed E-state index contributed by atoms with van der Waals surface area (Å²) in [7, 11) is 5.39. The van der Waals surface area contributed by atoms with Crippen LogP contribution in [-0.4, -0.2) is 73.8 Å². The van der Waals surface area contributed by atoms with E-state index in [1.807, 2.05) is 60.7 Å². The van der Waals surface area contributed by atoms with Crippen molar-refractivity contribution in [3.8, 4) is 45.4 Å². The van der Waals surface area contributed by atoms with Gasteiger partial charge in [0.15, 0.2) is 0 Å². The molecule has 0 radical (unpaired) electrons. The van der Waals surface area contributed by atoms with Gasteiger partial charge in [0, 0.05) is 66.0 Å². The Balaban J connectivity index is 1.36. The Morgan fingerprint density at radius 3 is 2.08 bits per heavy atom. The fourth-order valence-corrected chi connectivity index (χ4v) is 6.01. The molecule has 0 aliphatic heterocycles. The molecule has 0 atom stereocenters. The number of aryl methyl sites for hydroxylation is 1. The lowest BCUT2D eigenvalue weighted by Gasteiger charge is -2.15. The molecule has 4 aromatic carbocycles. The number of aromatic nitrogens is 3.